The van der Waals surface area contributed by atoms with Crippen LogP contribution < -0.4 is 4.74 Å². The van der Waals surface area contributed by atoms with Gasteiger partial charge in [0, 0.05) is 16.7 Å². The van der Waals surface area contributed by atoms with Crippen LogP contribution in [0, 0.1) is 17.0 Å². The van der Waals surface area contributed by atoms with E-state index < -0.39 is 4.92 Å². The highest BCUT2D eigenvalue weighted by Crippen LogP contribution is 2.30. The van der Waals surface area contributed by atoms with E-state index in [-0.39, 0.29) is 28.9 Å². The van der Waals surface area contributed by atoms with Crippen LogP contribution >= 0.6 is 11.6 Å². The molecule has 3 rings (SSSR count). The largest absolute Gasteiger partial charge is 0.478 e. The van der Waals surface area contributed by atoms with Gasteiger partial charge in [0.05, 0.1) is 4.92 Å². The van der Waals surface area contributed by atoms with Crippen molar-refractivity contribution < 1.29 is 14.2 Å². The van der Waals surface area contributed by atoms with Gasteiger partial charge in [-0.3, -0.25) is 10.1 Å². The lowest BCUT2D eigenvalue weighted by Crippen LogP contribution is -2.00. The van der Waals surface area contributed by atoms with Gasteiger partial charge in [0.2, 0.25) is 5.82 Å². The summed E-state index contributed by atoms with van der Waals surface area (Å²) >= 11 is 5.76. The Morgan fingerprint density at radius 2 is 2.00 bits per heavy atom. The smallest absolute Gasteiger partial charge is 0.312 e. The molecule has 122 valence electrons. The maximum atomic E-state index is 11.0. The summed E-state index contributed by atoms with van der Waals surface area (Å²) in [6.45, 7) is 1.92. The Morgan fingerprint density at radius 1 is 1.25 bits per heavy atom. The molecule has 0 radical (unpaired) electrons. The highest BCUT2D eigenvalue weighted by molar-refractivity contribution is 6.30. The summed E-state index contributed by atoms with van der Waals surface area (Å²) in [5, 5.41) is 15.1. The number of aryl methyl sites for hydroxylation is 1. The van der Waals surface area contributed by atoms with Crippen LogP contribution in [0.25, 0.3) is 11.5 Å². The molecule has 0 fully saturated rings. The van der Waals surface area contributed by atoms with Crippen molar-refractivity contribution >= 4 is 17.3 Å². The lowest BCUT2D eigenvalue weighted by molar-refractivity contribution is -0.385. The minimum atomic E-state index is -0.560. The fourth-order valence-corrected chi connectivity index (χ4v) is 2.19. The predicted molar refractivity (Wildman–Crippen MR) is 86.9 cm³/mol. The van der Waals surface area contributed by atoms with E-state index in [0.717, 1.165) is 11.1 Å². The van der Waals surface area contributed by atoms with Crippen molar-refractivity contribution in [2.45, 2.75) is 13.5 Å². The van der Waals surface area contributed by atoms with Crippen molar-refractivity contribution in [1.82, 2.24) is 10.1 Å². The minimum absolute atomic E-state index is 0.0577. The van der Waals surface area contributed by atoms with Crippen LogP contribution in [0.15, 0.2) is 47.0 Å². The molecule has 0 saturated carbocycles. The zero-order valence-corrected chi connectivity index (χ0v) is 13.4. The highest BCUT2D eigenvalue weighted by Gasteiger charge is 2.17. The summed E-state index contributed by atoms with van der Waals surface area (Å²) in [6, 6.07) is 11.8. The summed E-state index contributed by atoms with van der Waals surface area (Å²) in [5.41, 5.74) is 1.69. The molecule has 0 N–H and O–H groups in total. The molecule has 2 aromatic carbocycles. The summed E-state index contributed by atoms with van der Waals surface area (Å²) in [5.74, 6) is 0.736. The number of nitro benzene ring substituents is 1. The number of hydrogen-bond acceptors (Lipinski definition) is 6. The van der Waals surface area contributed by atoms with E-state index in [2.05, 4.69) is 10.1 Å². The Labute approximate surface area is 142 Å². The van der Waals surface area contributed by atoms with E-state index in [1.165, 1.54) is 18.2 Å². The van der Waals surface area contributed by atoms with Gasteiger partial charge in [0.15, 0.2) is 12.4 Å². The maximum absolute atomic E-state index is 11.0. The molecule has 0 unspecified atom stereocenters. The second kappa shape index (κ2) is 6.67. The van der Waals surface area contributed by atoms with E-state index in [1.807, 2.05) is 31.2 Å². The molecule has 3 aromatic rings. The fourth-order valence-electron chi connectivity index (χ4n) is 2.02. The SMILES string of the molecule is Cc1ccc(-c2nc(COc3ccc(Cl)cc3[N+](=O)[O-])no2)cc1. The maximum Gasteiger partial charge on any atom is 0.312 e. The normalized spacial score (nSPS) is 10.6. The molecule has 0 saturated heterocycles. The molecular formula is C16H12ClN3O4. The van der Waals surface area contributed by atoms with E-state index in [1.54, 1.807) is 0 Å². The molecule has 0 amide bonds. The van der Waals surface area contributed by atoms with Crippen LogP contribution in [-0.2, 0) is 6.61 Å². The molecule has 24 heavy (non-hydrogen) atoms. The Hall–Kier alpha value is -2.93. The van der Waals surface area contributed by atoms with Gasteiger partial charge in [-0.05, 0) is 31.2 Å². The summed E-state index contributed by atoms with van der Waals surface area (Å²) < 4.78 is 10.6. The number of hydrogen-bond donors (Lipinski definition) is 0. The van der Waals surface area contributed by atoms with Gasteiger partial charge in [-0.15, -0.1) is 0 Å². The molecule has 8 heteroatoms. The predicted octanol–water partition coefficient (Wildman–Crippen LogP) is 4.19. The molecule has 7 nitrogen and oxygen atoms in total. The minimum Gasteiger partial charge on any atom is -0.478 e. The zero-order chi connectivity index (χ0) is 17.1. The standard InChI is InChI=1S/C16H12ClN3O4/c1-10-2-4-11(5-3-10)16-18-15(19-24-16)9-23-14-7-6-12(17)8-13(14)20(21)22/h2-8H,9H2,1H3. The molecule has 1 aromatic heterocycles. The van der Waals surface area contributed by atoms with Crippen molar-refractivity contribution in [2.24, 2.45) is 0 Å². The van der Waals surface area contributed by atoms with Crippen LogP contribution in [0.2, 0.25) is 5.02 Å². The van der Waals surface area contributed by atoms with Gasteiger partial charge in [0.1, 0.15) is 0 Å². The number of nitro groups is 1. The lowest BCUT2D eigenvalue weighted by Gasteiger charge is -2.04. The molecule has 0 aliphatic heterocycles. The monoisotopic (exact) mass is 345 g/mol. The third-order valence-corrected chi connectivity index (χ3v) is 3.48. The zero-order valence-electron chi connectivity index (χ0n) is 12.6. The number of rotatable bonds is 5. The number of ether oxygens (including phenoxy) is 1. The first-order valence-electron chi connectivity index (χ1n) is 6.99. The first-order valence-corrected chi connectivity index (χ1v) is 7.37. The highest BCUT2D eigenvalue weighted by atomic mass is 35.5. The Kier molecular flexibility index (Phi) is 4.43. The number of halogens is 1. The van der Waals surface area contributed by atoms with E-state index in [0.29, 0.717) is 5.89 Å². The topological polar surface area (TPSA) is 91.3 Å². The number of benzene rings is 2. The van der Waals surface area contributed by atoms with Gasteiger partial charge < -0.3 is 9.26 Å². The quantitative estimate of drug-likeness (QED) is 0.508. The second-order valence-corrected chi connectivity index (χ2v) is 5.48. The third-order valence-electron chi connectivity index (χ3n) is 3.24. The molecule has 0 aliphatic rings. The Morgan fingerprint density at radius 3 is 2.71 bits per heavy atom. The van der Waals surface area contributed by atoms with Crippen molar-refractivity contribution in [2.75, 3.05) is 0 Å². The van der Waals surface area contributed by atoms with Crippen LogP contribution in [0.1, 0.15) is 11.4 Å². The third kappa shape index (κ3) is 3.52. The summed E-state index contributed by atoms with van der Waals surface area (Å²) in [6.07, 6.45) is 0. The van der Waals surface area contributed by atoms with Gasteiger partial charge in [-0.2, -0.15) is 4.98 Å². The summed E-state index contributed by atoms with van der Waals surface area (Å²) in [7, 11) is 0. The first kappa shape index (κ1) is 15.9. The van der Waals surface area contributed by atoms with Crippen molar-refractivity contribution in [3.05, 3.63) is 69.0 Å². The second-order valence-electron chi connectivity index (χ2n) is 5.04. The first-order chi connectivity index (χ1) is 11.5. The van der Waals surface area contributed by atoms with E-state index in [4.69, 9.17) is 20.9 Å². The Balaban J connectivity index is 1.74. The van der Waals surface area contributed by atoms with Crippen LogP contribution in [0.5, 0.6) is 5.75 Å². The van der Waals surface area contributed by atoms with Crippen molar-refractivity contribution in [3.63, 3.8) is 0 Å². The Bertz CT molecular complexity index is 877. The van der Waals surface area contributed by atoms with Gasteiger partial charge in [-0.25, -0.2) is 0 Å². The number of nitrogens with zero attached hydrogens (tertiary/aromatic N) is 3. The lowest BCUT2D eigenvalue weighted by atomic mass is 10.1. The molecule has 0 aliphatic carbocycles. The van der Waals surface area contributed by atoms with Crippen LogP contribution in [0.3, 0.4) is 0 Å². The van der Waals surface area contributed by atoms with Crippen LogP contribution in [0.4, 0.5) is 5.69 Å². The molecule has 0 atom stereocenters. The van der Waals surface area contributed by atoms with Gasteiger partial charge in [0.25, 0.3) is 5.89 Å². The number of aromatic nitrogens is 2. The molecule has 1 heterocycles. The van der Waals surface area contributed by atoms with Gasteiger partial charge in [-0.1, -0.05) is 34.5 Å². The van der Waals surface area contributed by atoms with E-state index >= 15 is 0 Å². The van der Waals surface area contributed by atoms with Crippen LogP contribution in [-0.4, -0.2) is 15.1 Å². The molecular weight excluding hydrogens is 334 g/mol. The average Bonchev–Trinajstić information content (AvgIpc) is 3.03. The molecule has 0 spiro atoms. The average molecular weight is 346 g/mol. The van der Waals surface area contributed by atoms with E-state index in [9.17, 15) is 10.1 Å². The summed E-state index contributed by atoms with van der Waals surface area (Å²) in [4.78, 5) is 14.7. The van der Waals surface area contributed by atoms with Crippen molar-refractivity contribution in [1.29, 1.82) is 0 Å². The molecule has 0 bridgehead atoms. The van der Waals surface area contributed by atoms with Crippen molar-refractivity contribution in [3.8, 4) is 17.2 Å². The fraction of sp³-hybridized carbons (Fsp3) is 0.125. The van der Waals surface area contributed by atoms with Gasteiger partial charge >= 0.3 is 5.69 Å².